The highest BCUT2D eigenvalue weighted by Gasteiger charge is 2.29. The number of benzene rings is 2. The summed E-state index contributed by atoms with van der Waals surface area (Å²) in [4.78, 5) is 4.35. The summed E-state index contributed by atoms with van der Waals surface area (Å²) < 4.78 is 15.8. The summed E-state index contributed by atoms with van der Waals surface area (Å²) in [5, 5.41) is 23.9. The maximum atomic E-state index is 14.0. The molecule has 0 radical (unpaired) electrons. The quantitative estimate of drug-likeness (QED) is 0.410. The molecule has 34 heavy (non-hydrogen) atoms. The molecule has 1 fully saturated rings. The maximum absolute atomic E-state index is 14.0. The first kappa shape index (κ1) is 22.7. The highest BCUT2D eigenvalue weighted by atomic mass is 31.0. The lowest BCUT2D eigenvalue weighted by Crippen LogP contribution is -2.26. The summed E-state index contributed by atoms with van der Waals surface area (Å²) in [7, 11) is 2.72. The Labute approximate surface area is 200 Å². The second-order valence-corrected chi connectivity index (χ2v) is 9.08. The topological polar surface area (TPSA) is 69.8 Å². The van der Waals surface area contributed by atoms with Crippen LogP contribution in [0.25, 0.3) is 17.0 Å². The number of nitrogens with zero attached hydrogens (tertiary/aromatic N) is 6. The first-order valence-electron chi connectivity index (χ1n) is 11.6. The molecule has 2 aromatic carbocycles. The van der Waals surface area contributed by atoms with Crippen molar-refractivity contribution in [2.24, 2.45) is 0 Å². The molecule has 7 nitrogen and oxygen atoms in total. The first-order valence-corrected chi connectivity index (χ1v) is 12.2. The predicted molar refractivity (Wildman–Crippen MR) is 136 cm³/mol. The molecule has 4 aromatic rings. The number of rotatable bonds is 7. The molecule has 3 heterocycles. The van der Waals surface area contributed by atoms with Crippen LogP contribution in [0.5, 0.6) is 0 Å². The summed E-state index contributed by atoms with van der Waals surface area (Å²) in [5.74, 6) is 1.27. The third-order valence-electron chi connectivity index (χ3n) is 6.45. The number of aliphatic hydroxyl groups is 1. The molecular weight excluding hydrogens is 450 g/mol. The van der Waals surface area contributed by atoms with Crippen LogP contribution in [0.15, 0.2) is 54.6 Å². The fourth-order valence-corrected chi connectivity index (χ4v) is 5.09. The smallest absolute Gasteiger partial charge is 0.185 e. The predicted octanol–water partition coefficient (Wildman–Crippen LogP) is 3.59. The van der Waals surface area contributed by atoms with Gasteiger partial charge in [0.25, 0.3) is 0 Å². The standard InChI is InChI=1S/C25H28FN6OP/c1-2-30(14-15-33)19-8-5-17(6-9-19)25-28-27-23-11-12-24(29-32(23)25)31-13-3-4-21(31)20-16-18(26)7-10-22(20)34/h5-12,16,21,33H,2-4,13-15,34H2,1H3. The highest BCUT2D eigenvalue weighted by molar-refractivity contribution is 7.27. The van der Waals surface area contributed by atoms with Gasteiger partial charge in [-0.15, -0.1) is 24.5 Å². The molecule has 2 unspecified atom stereocenters. The number of likely N-dealkylation sites (N-methyl/N-ethyl adjacent to an activating group) is 1. The van der Waals surface area contributed by atoms with E-state index in [4.69, 9.17) is 5.10 Å². The van der Waals surface area contributed by atoms with E-state index < -0.39 is 0 Å². The fourth-order valence-electron chi connectivity index (χ4n) is 4.72. The van der Waals surface area contributed by atoms with Gasteiger partial charge in [0, 0.05) is 30.9 Å². The molecule has 0 spiro atoms. The molecule has 0 amide bonds. The van der Waals surface area contributed by atoms with Crippen molar-refractivity contribution in [2.45, 2.75) is 25.8 Å². The van der Waals surface area contributed by atoms with Gasteiger partial charge >= 0.3 is 0 Å². The fraction of sp³-hybridized carbons (Fsp3) is 0.320. The van der Waals surface area contributed by atoms with Gasteiger partial charge in [0.2, 0.25) is 0 Å². The van der Waals surface area contributed by atoms with Crippen LogP contribution in [-0.4, -0.2) is 51.2 Å². The van der Waals surface area contributed by atoms with Crippen molar-refractivity contribution in [3.8, 4) is 11.4 Å². The summed E-state index contributed by atoms with van der Waals surface area (Å²) in [5.41, 5.74) is 3.61. The van der Waals surface area contributed by atoms with Crippen molar-refractivity contribution in [1.29, 1.82) is 0 Å². The number of anilines is 2. The van der Waals surface area contributed by atoms with E-state index in [9.17, 15) is 9.50 Å². The lowest BCUT2D eigenvalue weighted by atomic mass is 10.0. The minimum atomic E-state index is -0.221. The average molecular weight is 479 g/mol. The lowest BCUT2D eigenvalue weighted by molar-refractivity contribution is 0.302. The Kier molecular flexibility index (Phi) is 6.44. The molecule has 2 aromatic heterocycles. The Balaban J connectivity index is 1.48. The number of hydrogen-bond donors (Lipinski definition) is 1. The zero-order valence-electron chi connectivity index (χ0n) is 19.1. The third kappa shape index (κ3) is 4.24. The van der Waals surface area contributed by atoms with Gasteiger partial charge in [-0.05, 0) is 79.2 Å². The number of hydrogen-bond acceptors (Lipinski definition) is 6. The SMILES string of the molecule is CCN(CCO)c1ccc(-c2nnc3ccc(N4CCCC4c4cc(F)ccc4P)nn23)cc1. The first-order chi connectivity index (χ1) is 16.6. The van der Waals surface area contributed by atoms with Crippen LogP contribution < -0.4 is 15.1 Å². The molecule has 1 aliphatic rings. The zero-order valence-corrected chi connectivity index (χ0v) is 20.3. The van der Waals surface area contributed by atoms with Crippen molar-refractivity contribution in [3.05, 3.63) is 66.0 Å². The average Bonchev–Trinajstić information content (AvgIpc) is 3.51. The van der Waals surface area contributed by atoms with Crippen LogP contribution in [0, 0.1) is 5.82 Å². The Morgan fingerprint density at radius 2 is 1.94 bits per heavy atom. The monoisotopic (exact) mass is 478 g/mol. The van der Waals surface area contributed by atoms with Crippen molar-refractivity contribution in [1.82, 2.24) is 19.8 Å². The number of aliphatic hydroxyl groups excluding tert-OH is 1. The molecule has 1 aliphatic heterocycles. The van der Waals surface area contributed by atoms with Gasteiger partial charge in [-0.1, -0.05) is 6.07 Å². The molecule has 2 atom stereocenters. The van der Waals surface area contributed by atoms with Crippen molar-refractivity contribution < 1.29 is 9.50 Å². The molecule has 1 saturated heterocycles. The van der Waals surface area contributed by atoms with Gasteiger partial charge in [0.05, 0.1) is 12.6 Å². The van der Waals surface area contributed by atoms with Crippen LogP contribution in [0.1, 0.15) is 31.4 Å². The minimum absolute atomic E-state index is 0.0684. The van der Waals surface area contributed by atoms with Crippen LogP contribution in [0.3, 0.4) is 0 Å². The minimum Gasteiger partial charge on any atom is -0.395 e. The normalized spacial score (nSPS) is 15.9. The van der Waals surface area contributed by atoms with E-state index in [2.05, 4.69) is 36.2 Å². The maximum Gasteiger partial charge on any atom is 0.185 e. The molecule has 0 bridgehead atoms. The Morgan fingerprint density at radius 1 is 1.12 bits per heavy atom. The number of fused-ring (bicyclic) bond motifs is 1. The van der Waals surface area contributed by atoms with E-state index in [1.807, 2.05) is 42.5 Å². The second-order valence-electron chi connectivity index (χ2n) is 8.46. The largest absolute Gasteiger partial charge is 0.395 e. The van der Waals surface area contributed by atoms with Crippen LogP contribution in [0.2, 0.25) is 0 Å². The molecule has 0 aliphatic carbocycles. The van der Waals surface area contributed by atoms with E-state index in [0.29, 0.717) is 18.0 Å². The molecule has 9 heteroatoms. The summed E-state index contributed by atoms with van der Waals surface area (Å²) in [6.45, 7) is 4.45. The van der Waals surface area contributed by atoms with E-state index >= 15 is 0 Å². The summed E-state index contributed by atoms with van der Waals surface area (Å²) >= 11 is 0. The zero-order chi connectivity index (χ0) is 23.7. The summed E-state index contributed by atoms with van der Waals surface area (Å²) in [6.07, 6.45) is 1.96. The van der Waals surface area contributed by atoms with E-state index in [-0.39, 0.29) is 18.5 Å². The van der Waals surface area contributed by atoms with Gasteiger partial charge in [0.15, 0.2) is 11.5 Å². The molecule has 5 rings (SSSR count). The Bertz CT molecular complexity index is 1290. The molecule has 176 valence electrons. The van der Waals surface area contributed by atoms with Crippen molar-refractivity contribution >= 4 is 31.7 Å². The van der Waals surface area contributed by atoms with E-state index in [1.165, 1.54) is 6.07 Å². The second kappa shape index (κ2) is 9.65. The van der Waals surface area contributed by atoms with Gasteiger partial charge in [-0.3, -0.25) is 0 Å². The van der Waals surface area contributed by atoms with Crippen molar-refractivity contribution in [2.75, 3.05) is 36.0 Å². The van der Waals surface area contributed by atoms with E-state index in [1.54, 1.807) is 10.6 Å². The number of aromatic nitrogens is 4. The molecular formula is C25H28FN6OP. The third-order valence-corrected chi connectivity index (χ3v) is 6.97. The van der Waals surface area contributed by atoms with Gasteiger partial charge < -0.3 is 14.9 Å². The molecule has 1 N–H and O–H groups in total. The lowest BCUT2D eigenvalue weighted by Gasteiger charge is -2.27. The van der Waals surface area contributed by atoms with Gasteiger partial charge in [-0.25, -0.2) is 4.39 Å². The summed E-state index contributed by atoms with van der Waals surface area (Å²) in [6, 6.07) is 17.0. The van der Waals surface area contributed by atoms with Crippen LogP contribution in [-0.2, 0) is 0 Å². The Hall–Kier alpha value is -3.09. The van der Waals surface area contributed by atoms with Gasteiger partial charge in [0.1, 0.15) is 11.6 Å². The van der Waals surface area contributed by atoms with Crippen LogP contribution in [0.4, 0.5) is 15.9 Å². The Morgan fingerprint density at radius 3 is 2.71 bits per heavy atom. The number of halogens is 1. The van der Waals surface area contributed by atoms with Crippen molar-refractivity contribution in [3.63, 3.8) is 0 Å². The van der Waals surface area contributed by atoms with E-state index in [0.717, 1.165) is 53.9 Å². The highest BCUT2D eigenvalue weighted by Crippen LogP contribution is 2.35. The molecule has 0 saturated carbocycles. The van der Waals surface area contributed by atoms with Crippen LogP contribution >= 0.6 is 9.24 Å². The van der Waals surface area contributed by atoms with Gasteiger partial charge in [-0.2, -0.15) is 4.52 Å².